The van der Waals surface area contributed by atoms with Gasteiger partial charge in [0, 0.05) is 17.2 Å². The Morgan fingerprint density at radius 1 is 1.19 bits per heavy atom. The lowest BCUT2D eigenvalue weighted by atomic mass is 10.2. The van der Waals surface area contributed by atoms with Crippen molar-refractivity contribution in [2.24, 2.45) is 0 Å². The van der Waals surface area contributed by atoms with Gasteiger partial charge in [-0.2, -0.15) is 0 Å². The molecule has 0 amide bonds. The summed E-state index contributed by atoms with van der Waals surface area (Å²) < 4.78 is 26.8. The van der Waals surface area contributed by atoms with E-state index < -0.39 is 14.9 Å². The summed E-state index contributed by atoms with van der Waals surface area (Å²) in [5.74, 6) is 0. The highest BCUT2D eigenvalue weighted by Gasteiger charge is 2.17. The molecular formula is C13H11ClN2O4S. The molecule has 0 saturated carbocycles. The third-order valence-corrected chi connectivity index (χ3v) is 4.38. The molecule has 2 rings (SSSR count). The topological polar surface area (TPSA) is 89.3 Å². The number of nitro groups is 1. The van der Waals surface area contributed by atoms with E-state index in [0.717, 1.165) is 0 Å². The van der Waals surface area contributed by atoms with E-state index in [0.29, 0.717) is 5.56 Å². The maximum absolute atomic E-state index is 12.2. The molecule has 0 aliphatic heterocycles. The van der Waals surface area contributed by atoms with Gasteiger partial charge in [-0.1, -0.05) is 23.7 Å². The molecule has 0 atom stereocenters. The number of aryl methyl sites for hydroxylation is 1. The largest absolute Gasteiger partial charge is 0.279 e. The van der Waals surface area contributed by atoms with Crippen molar-refractivity contribution in [1.29, 1.82) is 0 Å². The summed E-state index contributed by atoms with van der Waals surface area (Å²) >= 11 is 5.77. The molecule has 2 aromatic rings. The molecular weight excluding hydrogens is 316 g/mol. The number of non-ortho nitro benzene ring substituents is 1. The SMILES string of the molecule is Cc1ccc([N+](=O)[O-])cc1NS(=O)(=O)c1cccc(Cl)c1. The Balaban J connectivity index is 2.41. The van der Waals surface area contributed by atoms with Crippen molar-refractivity contribution in [3.05, 3.63) is 63.2 Å². The van der Waals surface area contributed by atoms with E-state index in [9.17, 15) is 18.5 Å². The molecule has 0 aliphatic carbocycles. The Bertz CT molecular complexity index is 806. The average Bonchev–Trinajstić information content (AvgIpc) is 2.41. The second kappa shape index (κ2) is 5.71. The van der Waals surface area contributed by atoms with Crippen molar-refractivity contribution in [2.45, 2.75) is 11.8 Å². The van der Waals surface area contributed by atoms with Gasteiger partial charge in [0.25, 0.3) is 15.7 Å². The van der Waals surface area contributed by atoms with Crippen LogP contribution in [-0.4, -0.2) is 13.3 Å². The highest BCUT2D eigenvalue weighted by atomic mass is 35.5. The van der Waals surface area contributed by atoms with Gasteiger partial charge >= 0.3 is 0 Å². The molecule has 21 heavy (non-hydrogen) atoms. The Labute approximate surface area is 126 Å². The van der Waals surface area contributed by atoms with E-state index in [2.05, 4.69) is 4.72 Å². The minimum atomic E-state index is -3.86. The lowest BCUT2D eigenvalue weighted by Crippen LogP contribution is -2.13. The second-order valence-corrected chi connectivity index (χ2v) is 6.44. The molecule has 8 heteroatoms. The lowest BCUT2D eigenvalue weighted by Gasteiger charge is -2.10. The van der Waals surface area contributed by atoms with Gasteiger partial charge in [0.05, 0.1) is 15.5 Å². The fourth-order valence-corrected chi connectivity index (χ4v) is 3.09. The van der Waals surface area contributed by atoms with Gasteiger partial charge in [0.15, 0.2) is 0 Å². The van der Waals surface area contributed by atoms with Crippen LogP contribution in [0.5, 0.6) is 0 Å². The van der Waals surface area contributed by atoms with Crippen LogP contribution in [0.25, 0.3) is 0 Å². The fourth-order valence-electron chi connectivity index (χ4n) is 1.67. The lowest BCUT2D eigenvalue weighted by molar-refractivity contribution is -0.384. The van der Waals surface area contributed by atoms with E-state index in [1.54, 1.807) is 13.0 Å². The van der Waals surface area contributed by atoms with Crippen molar-refractivity contribution < 1.29 is 13.3 Å². The Kier molecular flexibility index (Phi) is 4.15. The van der Waals surface area contributed by atoms with Crippen LogP contribution in [0.1, 0.15) is 5.56 Å². The van der Waals surface area contributed by atoms with Gasteiger partial charge in [-0.15, -0.1) is 0 Å². The zero-order chi connectivity index (χ0) is 15.6. The number of benzene rings is 2. The summed E-state index contributed by atoms with van der Waals surface area (Å²) in [6.07, 6.45) is 0. The molecule has 0 radical (unpaired) electrons. The number of halogens is 1. The minimum absolute atomic E-state index is 0.0130. The van der Waals surface area contributed by atoms with Gasteiger partial charge < -0.3 is 0 Å². The summed E-state index contributed by atoms with van der Waals surface area (Å²) in [4.78, 5) is 10.2. The van der Waals surface area contributed by atoms with Gasteiger partial charge in [-0.3, -0.25) is 14.8 Å². The molecule has 1 N–H and O–H groups in total. The van der Waals surface area contributed by atoms with Crippen molar-refractivity contribution in [1.82, 2.24) is 0 Å². The third kappa shape index (κ3) is 3.50. The fraction of sp³-hybridized carbons (Fsp3) is 0.0769. The molecule has 0 saturated heterocycles. The number of nitro benzene ring substituents is 1. The van der Waals surface area contributed by atoms with Crippen LogP contribution in [0.3, 0.4) is 0 Å². The monoisotopic (exact) mass is 326 g/mol. The normalized spacial score (nSPS) is 11.1. The molecule has 6 nitrogen and oxygen atoms in total. The zero-order valence-corrected chi connectivity index (χ0v) is 12.5. The molecule has 0 aliphatic rings. The van der Waals surface area contributed by atoms with Crippen molar-refractivity contribution >= 4 is 33.0 Å². The first-order chi connectivity index (χ1) is 9.79. The standard InChI is InChI=1S/C13H11ClN2O4S/c1-9-5-6-11(16(17)18)8-13(9)15-21(19,20)12-4-2-3-10(14)7-12/h2-8,15H,1H3. The number of rotatable bonds is 4. The zero-order valence-electron chi connectivity index (χ0n) is 10.9. The van der Waals surface area contributed by atoms with Crippen LogP contribution in [0.15, 0.2) is 47.4 Å². The maximum Gasteiger partial charge on any atom is 0.271 e. The molecule has 0 fully saturated rings. The summed E-state index contributed by atoms with van der Waals surface area (Å²) in [6.45, 7) is 1.65. The molecule has 0 bridgehead atoms. The molecule has 2 aromatic carbocycles. The highest BCUT2D eigenvalue weighted by Crippen LogP contribution is 2.25. The summed E-state index contributed by atoms with van der Waals surface area (Å²) in [5, 5.41) is 11.0. The molecule has 0 aromatic heterocycles. The van der Waals surface area contributed by atoms with Crippen LogP contribution in [0.4, 0.5) is 11.4 Å². The Hall–Kier alpha value is -2.12. The predicted molar refractivity (Wildman–Crippen MR) is 80.1 cm³/mol. The number of nitrogens with zero attached hydrogens (tertiary/aromatic N) is 1. The van der Waals surface area contributed by atoms with Crippen LogP contribution in [0.2, 0.25) is 5.02 Å². The third-order valence-electron chi connectivity index (χ3n) is 2.78. The minimum Gasteiger partial charge on any atom is -0.279 e. The summed E-state index contributed by atoms with van der Waals surface area (Å²) in [5.41, 5.74) is 0.541. The second-order valence-electron chi connectivity index (χ2n) is 4.32. The van der Waals surface area contributed by atoms with Gasteiger partial charge in [-0.05, 0) is 30.7 Å². The van der Waals surface area contributed by atoms with Crippen molar-refractivity contribution in [3.63, 3.8) is 0 Å². The number of nitrogens with one attached hydrogen (secondary N) is 1. The summed E-state index contributed by atoms with van der Waals surface area (Å²) in [7, 11) is -3.86. The van der Waals surface area contributed by atoms with Gasteiger partial charge in [-0.25, -0.2) is 8.42 Å². The van der Waals surface area contributed by atoms with E-state index in [-0.39, 0.29) is 21.3 Å². The number of sulfonamides is 1. The number of hydrogen-bond acceptors (Lipinski definition) is 4. The van der Waals surface area contributed by atoms with Crippen LogP contribution >= 0.6 is 11.6 Å². The van der Waals surface area contributed by atoms with E-state index in [1.165, 1.54) is 36.4 Å². The van der Waals surface area contributed by atoms with E-state index in [1.807, 2.05) is 0 Å². The van der Waals surface area contributed by atoms with Crippen molar-refractivity contribution in [3.8, 4) is 0 Å². The van der Waals surface area contributed by atoms with Crippen LogP contribution in [-0.2, 0) is 10.0 Å². The van der Waals surface area contributed by atoms with Gasteiger partial charge in [0.2, 0.25) is 0 Å². The number of hydrogen-bond donors (Lipinski definition) is 1. The van der Waals surface area contributed by atoms with Crippen LogP contribution < -0.4 is 4.72 Å². The predicted octanol–water partition coefficient (Wildman–Crippen LogP) is 3.36. The Morgan fingerprint density at radius 3 is 2.52 bits per heavy atom. The highest BCUT2D eigenvalue weighted by molar-refractivity contribution is 7.92. The average molecular weight is 327 g/mol. The van der Waals surface area contributed by atoms with E-state index in [4.69, 9.17) is 11.6 Å². The Morgan fingerprint density at radius 2 is 1.90 bits per heavy atom. The smallest absolute Gasteiger partial charge is 0.271 e. The molecule has 0 unspecified atom stereocenters. The number of anilines is 1. The maximum atomic E-state index is 12.2. The molecule has 0 heterocycles. The first kappa shape index (κ1) is 15.3. The molecule has 110 valence electrons. The first-order valence-corrected chi connectivity index (χ1v) is 7.69. The first-order valence-electron chi connectivity index (χ1n) is 5.83. The van der Waals surface area contributed by atoms with Gasteiger partial charge in [0.1, 0.15) is 0 Å². The van der Waals surface area contributed by atoms with E-state index >= 15 is 0 Å². The quantitative estimate of drug-likeness (QED) is 0.689. The van der Waals surface area contributed by atoms with Crippen LogP contribution in [0, 0.1) is 17.0 Å². The summed E-state index contributed by atoms with van der Waals surface area (Å²) in [6, 6.07) is 9.73. The molecule has 0 spiro atoms. The van der Waals surface area contributed by atoms with Crippen molar-refractivity contribution in [2.75, 3.05) is 4.72 Å².